The average molecular weight is 272 g/mol. The van der Waals surface area contributed by atoms with Crippen LogP contribution in [0.2, 0.25) is 5.15 Å². The van der Waals surface area contributed by atoms with Crippen molar-refractivity contribution in [2.24, 2.45) is 0 Å². The molecule has 1 aliphatic rings. The first kappa shape index (κ1) is 13.4. The normalized spacial score (nSPS) is 16.1. The molecular formula is C12H18ClN3O2. The Morgan fingerprint density at radius 3 is 2.78 bits per heavy atom. The number of aromatic nitrogens is 2. The highest BCUT2D eigenvalue weighted by Gasteiger charge is 2.12. The molecular weight excluding hydrogens is 254 g/mol. The topological polar surface area (TPSA) is 47.4 Å². The molecule has 1 fully saturated rings. The maximum atomic E-state index is 11.9. The third kappa shape index (κ3) is 3.03. The Hall–Kier alpha value is -1.07. The quantitative estimate of drug-likeness (QED) is 0.760. The summed E-state index contributed by atoms with van der Waals surface area (Å²) < 4.78 is 6.51. The van der Waals surface area contributed by atoms with Crippen LogP contribution < -0.4 is 10.3 Å². The van der Waals surface area contributed by atoms with Gasteiger partial charge in [0.2, 0.25) is 5.75 Å². The molecule has 1 saturated heterocycles. The number of likely N-dealkylation sites (tertiary alicyclic amines) is 1. The standard InChI is InChI=1S/C12H18ClN3O2/c1-18-10-11(13)14-9-16(12(10)17)8-4-7-15-5-2-3-6-15/h9H,2-8H2,1H3. The molecule has 0 atom stereocenters. The second-order valence-corrected chi connectivity index (χ2v) is 4.83. The number of nitrogens with zero attached hydrogens (tertiary/aromatic N) is 3. The molecule has 2 heterocycles. The van der Waals surface area contributed by atoms with Gasteiger partial charge in [0.1, 0.15) is 0 Å². The van der Waals surface area contributed by atoms with Crippen molar-refractivity contribution in [2.75, 3.05) is 26.7 Å². The van der Waals surface area contributed by atoms with E-state index < -0.39 is 0 Å². The maximum Gasteiger partial charge on any atom is 0.297 e. The van der Waals surface area contributed by atoms with Gasteiger partial charge in [-0.3, -0.25) is 9.36 Å². The average Bonchev–Trinajstić information content (AvgIpc) is 2.86. The van der Waals surface area contributed by atoms with Crippen molar-refractivity contribution in [3.63, 3.8) is 0 Å². The van der Waals surface area contributed by atoms with Crippen LogP contribution in [-0.4, -0.2) is 41.2 Å². The van der Waals surface area contributed by atoms with Crippen LogP contribution in [0.1, 0.15) is 19.3 Å². The van der Waals surface area contributed by atoms with Gasteiger partial charge in [0.25, 0.3) is 5.56 Å². The highest BCUT2D eigenvalue weighted by molar-refractivity contribution is 6.30. The van der Waals surface area contributed by atoms with Crippen LogP contribution in [-0.2, 0) is 6.54 Å². The van der Waals surface area contributed by atoms with Crippen LogP contribution in [0.25, 0.3) is 0 Å². The third-order valence-electron chi connectivity index (χ3n) is 3.23. The molecule has 6 heteroatoms. The monoisotopic (exact) mass is 271 g/mol. The summed E-state index contributed by atoms with van der Waals surface area (Å²) in [5, 5.41) is 0.123. The van der Waals surface area contributed by atoms with E-state index in [1.807, 2.05) is 0 Å². The van der Waals surface area contributed by atoms with Crippen molar-refractivity contribution in [2.45, 2.75) is 25.8 Å². The molecule has 5 nitrogen and oxygen atoms in total. The van der Waals surface area contributed by atoms with Crippen LogP contribution in [0.5, 0.6) is 5.75 Å². The van der Waals surface area contributed by atoms with E-state index in [0.717, 1.165) is 13.0 Å². The largest absolute Gasteiger partial charge is 0.489 e. The second kappa shape index (κ2) is 6.20. The number of aryl methyl sites for hydroxylation is 1. The lowest BCUT2D eigenvalue weighted by molar-refractivity contribution is 0.322. The Balaban J connectivity index is 1.94. The minimum atomic E-state index is -0.209. The van der Waals surface area contributed by atoms with Gasteiger partial charge in [0.05, 0.1) is 13.4 Å². The van der Waals surface area contributed by atoms with Gasteiger partial charge in [-0.15, -0.1) is 0 Å². The molecule has 0 aromatic carbocycles. The minimum absolute atomic E-state index is 0.123. The highest BCUT2D eigenvalue weighted by atomic mass is 35.5. The molecule has 1 aromatic rings. The SMILES string of the molecule is COc1c(Cl)ncn(CCCN2CCCC2)c1=O. The van der Waals surface area contributed by atoms with E-state index in [1.54, 1.807) is 4.57 Å². The van der Waals surface area contributed by atoms with E-state index >= 15 is 0 Å². The van der Waals surface area contributed by atoms with E-state index in [-0.39, 0.29) is 16.5 Å². The molecule has 0 saturated carbocycles. The molecule has 0 unspecified atom stereocenters. The Morgan fingerprint density at radius 2 is 2.11 bits per heavy atom. The lowest BCUT2D eigenvalue weighted by Gasteiger charge is -2.14. The van der Waals surface area contributed by atoms with Crippen LogP contribution in [0.3, 0.4) is 0 Å². The molecule has 0 amide bonds. The zero-order valence-electron chi connectivity index (χ0n) is 10.6. The first-order chi connectivity index (χ1) is 8.72. The molecule has 2 rings (SSSR count). The van der Waals surface area contributed by atoms with Crippen molar-refractivity contribution in [1.82, 2.24) is 14.5 Å². The number of ether oxygens (including phenoxy) is 1. The van der Waals surface area contributed by atoms with Gasteiger partial charge < -0.3 is 9.64 Å². The fourth-order valence-electron chi connectivity index (χ4n) is 2.25. The van der Waals surface area contributed by atoms with E-state index in [2.05, 4.69) is 9.88 Å². The number of hydrogen-bond donors (Lipinski definition) is 0. The summed E-state index contributed by atoms with van der Waals surface area (Å²) in [5.74, 6) is 0.125. The van der Waals surface area contributed by atoms with E-state index in [1.165, 1.54) is 39.4 Å². The highest BCUT2D eigenvalue weighted by Crippen LogP contribution is 2.15. The molecule has 100 valence electrons. The predicted molar refractivity (Wildman–Crippen MR) is 70.4 cm³/mol. The van der Waals surface area contributed by atoms with Crippen LogP contribution in [0, 0.1) is 0 Å². The summed E-state index contributed by atoms with van der Waals surface area (Å²) in [5.41, 5.74) is -0.209. The molecule has 1 aromatic heterocycles. The zero-order valence-corrected chi connectivity index (χ0v) is 11.3. The smallest absolute Gasteiger partial charge is 0.297 e. The van der Waals surface area contributed by atoms with Gasteiger partial charge in [-0.25, -0.2) is 4.98 Å². The molecule has 0 radical (unpaired) electrons. The minimum Gasteiger partial charge on any atom is -0.489 e. The Morgan fingerprint density at radius 1 is 1.39 bits per heavy atom. The summed E-state index contributed by atoms with van der Waals surface area (Å²) in [6.07, 6.45) is 5.00. The maximum absolute atomic E-state index is 11.9. The fraction of sp³-hybridized carbons (Fsp3) is 0.667. The van der Waals surface area contributed by atoms with E-state index in [0.29, 0.717) is 6.54 Å². The van der Waals surface area contributed by atoms with E-state index in [4.69, 9.17) is 16.3 Å². The Kier molecular flexibility index (Phi) is 4.60. The second-order valence-electron chi connectivity index (χ2n) is 4.47. The van der Waals surface area contributed by atoms with Crippen LogP contribution >= 0.6 is 11.6 Å². The summed E-state index contributed by atoms with van der Waals surface area (Å²) in [6, 6.07) is 0. The third-order valence-corrected chi connectivity index (χ3v) is 3.50. The van der Waals surface area contributed by atoms with Gasteiger partial charge in [0.15, 0.2) is 5.15 Å². The number of rotatable bonds is 5. The molecule has 0 bridgehead atoms. The lowest BCUT2D eigenvalue weighted by Crippen LogP contribution is -2.26. The first-order valence-corrected chi connectivity index (χ1v) is 6.61. The van der Waals surface area contributed by atoms with Gasteiger partial charge in [-0.1, -0.05) is 11.6 Å². The van der Waals surface area contributed by atoms with Crippen molar-refractivity contribution in [3.05, 3.63) is 21.8 Å². The first-order valence-electron chi connectivity index (χ1n) is 6.23. The van der Waals surface area contributed by atoms with Gasteiger partial charge in [-0.2, -0.15) is 0 Å². The molecule has 0 N–H and O–H groups in total. The molecule has 1 aliphatic heterocycles. The van der Waals surface area contributed by atoms with Gasteiger partial charge in [-0.05, 0) is 38.9 Å². The van der Waals surface area contributed by atoms with E-state index in [9.17, 15) is 4.79 Å². The summed E-state index contributed by atoms with van der Waals surface area (Å²) >= 11 is 5.78. The Bertz CT molecular complexity index is 455. The summed E-state index contributed by atoms with van der Waals surface area (Å²) in [6.45, 7) is 4.03. The molecule has 0 aliphatic carbocycles. The summed E-state index contributed by atoms with van der Waals surface area (Å²) in [7, 11) is 1.43. The fourth-order valence-corrected chi connectivity index (χ4v) is 2.45. The Labute approximate surface area is 111 Å². The van der Waals surface area contributed by atoms with Gasteiger partial charge >= 0.3 is 0 Å². The molecule has 18 heavy (non-hydrogen) atoms. The van der Waals surface area contributed by atoms with Crippen LogP contribution in [0.4, 0.5) is 0 Å². The lowest BCUT2D eigenvalue weighted by atomic mass is 10.4. The molecule has 0 spiro atoms. The van der Waals surface area contributed by atoms with Crippen LogP contribution in [0.15, 0.2) is 11.1 Å². The summed E-state index contributed by atoms with van der Waals surface area (Å²) in [4.78, 5) is 18.3. The predicted octanol–water partition coefficient (Wildman–Crippen LogP) is 1.39. The number of halogens is 1. The van der Waals surface area contributed by atoms with Crippen molar-refractivity contribution >= 4 is 11.6 Å². The number of hydrogen-bond acceptors (Lipinski definition) is 4. The van der Waals surface area contributed by atoms with Crippen molar-refractivity contribution < 1.29 is 4.74 Å². The number of methoxy groups -OCH3 is 1. The zero-order chi connectivity index (χ0) is 13.0. The van der Waals surface area contributed by atoms with Gasteiger partial charge in [0, 0.05) is 6.54 Å². The van der Waals surface area contributed by atoms with Crippen molar-refractivity contribution in [1.29, 1.82) is 0 Å². The van der Waals surface area contributed by atoms with Crippen molar-refractivity contribution in [3.8, 4) is 5.75 Å².